The first-order valence-corrected chi connectivity index (χ1v) is 10.5. The van der Waals surface area contributed by atoms with Gasteiger partial charge in [0, 0.05) is 51.3 Å². The highest BCUT2D eigenvalue weighted by Gasteiger charge is 2.39. The molecule has 1 aromatic carbocycles. The maximum atomic E-state index is 12.9. The molecule has 156 valence electrons. The van der Waals surface area contributed by atoms with E-state index in [0.717, 1.165) is 50.4 Å². The summed E-state index contributed by atoms with van der Waals surface area (Å²) in [5.74, 6) is -0.748. The van der Waals surface area contributed by atoms with Crippen LogP contribution in [0.2, 0.25) is 0 Å². The second kappa shape index (κ2) is 9.02. The number of benzene rings is 1. The van der Waals surface area contributed by atoms with Crippen LogP contribution < -0.4 is 16.0 Å². The molecule has 0 aliphatic carbocycles. The summed E-state index contributed by atoms with van der Waals surface area (Å²) in [6, 6.07) is 5.41. The number of carbonyl (C=O) groups excluding carboxylic acids is 3. The molecule has 3 aliphatic rings. The van der Waals surface area contributed by atoms with E-state index in [4.69, 9.17) is 0 Å². The number of fused-ring (bicyclic) bond motifs is 1. The zero-order valence-electron chi connectivity index (χ0n) is 16.7. The Morgan fingerprint density at radius 3 is 2.90 bits per heavy atom. The van der Waals surface area contributed by atoms with E-state index in [1.165, 1.54) is 6.42 Å². The molecule has 0 radical (unpaired) electrons. The molecule has 1 atom stereocenters. The first-order chi connectivity index (χ1) is 14.1. The van der Waals surface area contributed by atoms with Gasteiger partial charge in [-0.1, -0.05) is 12.1 Å². The number of nitrogens with one attached hydrogen (secondary N) is 3. The predicted octanol–water partition coefficient (Wildman–Crippen LogP) is -0.167. The molecule has 1 aromatic rings. The second-order valence-corrected chi connectivity index (χ2v) is 8.01. The number of rotatable bonds is 6. The lowest BCUT2D eigenvalue weighted by molar-refractivity contribution is -0.136. The van der Waals surface area contributed by atoms with Crippen LogP contribution in [0.15, 0.2) is 18.2 Å². The lowest BCUT2D eigenvalue weighted by Gasteiger charge is -2.29. The van der Waals surface area contributed by atoms with Crippen LogP contribution in [0.4, 0.5) is 0 Å². The monoisotopic (exact) mass is 399 g/mol. The number of nitrogens with zero attached hydrogens (tertiary/aromatic N) is 2. The number of hydrogen-bond donors (Lipinski definition) is 3. The van der Waals surface area contributed by atoms with Gasteiger partial charge < -0.3 is 20.4 Å². The van der Waals surface area contributed by atoms with Crippen LogP contribution >= 0.6 is 0 Å². The van der Waals surface area contributed by atoms with Gasteiger partial charge in [-0.05, 0) is 43.1 Å². The Morgan fingerprint density at radius 2 is 2.03 bits per heavy atom. The summed E-state index contributed by atoms with van der Waals surface area (Å²) in [5.41, 5.74) is 2.69. The SMILES string of the molecule is O=C1CCC(N2Cc3ccc(CNCCN4CCCNCC4)cc3C2=O)C(=O)N1. The normalized spacial score (nSPS) is 23.1. The van der Waals surface area contributed by atoms with Crippen molar-refractivity contribution in [2.75, 3.05) is 39.3 Å². The average molecular weight is 399 g/mol. The highest BCUT2D eigenvalue weighted by atomic mass is 16.2. The zero-order valence-corrected chi connectivity index (χ0v) is 16.7. The van der Waals surface area contributed by atoms with Gasteiger partial charge in [0.2, 0.25) is 11.8 Å². The van der Waals surface area contributed by atoms with Crippen LogP contribution in [0.5, 0.6) is 0 Å². The highest BCUT2D eigenvalue weighted by molar-refractivity contribution is 6.05. The number of carbonyl (C=O) groups is 3. The molecule has 1 unspecified atom stereocenters. The van der Waals surface area contributed by atoms with Gasteiger partial charge in [-0.25, -0.2) is 0 Å². The first kappa shape index (κ1) is 20.0. The summed E-state index contributed by atoms with van der Waals surface area (Å²) in [7, 11) is 0. The molecule has 3 heterocycles. The van der Waals surface area contributed by atoms with E-state index < -0.39 is 6.04 Å². The fourth-order valence-electron chi connectivity index (χ4n) is 4.31. The van der Waals surface area contributed by atoms with Gasteiger partial charge in [0.05, 0.1) is 0 Å². The van der Waals surface area contributed by atoms with Crippen molar-refractivity contribution in [3.05, 3.63) is 34.9 Å². The molecule has 3 aliphatic heterocycles. The van der Waals surface area contributed by atoms with Crippen LogP contribution in [0.1, 0.15) is 40.7 Å². The van der Waals surface area contributed by atoms with Crippen molar-refractivity contribution in [3.8, 4) is 0 Å². The molecule has 3 amide bonds. The van der Waals surface area contributed by atoms with Gasteiger partial charge in [-0.3, -0.25) is 19.7 Å². The molecule has 4 rings (SSSR count). The third-order valence-corrected chi connectivity index (χ3v) is 5.96. The maximum Gasteiger partial charge on any atom is 0.255 e. The van der Waals surface area contributed by atoms with Crippen molar-refractivity contribution in [2.45, 2.75) is 38.4 Å². The quantitative estimate of drug-likeness (QED) is 0.454. The van der Waals surface area contributed by atoms with Crippen molar-refractivity contribution in [3.63, 3.8) is 0 Å². The van der Waals surface area contributed by atoms with E-state index in [0.29, 0.717) is 25.1 Å². The van der Waals surface area contributed by atoms with Gasteiger partial charge in [0.1, 0.15) is 6.04 Å². The summed E-state index contributed by atoms with van der Waals surface area (Å²) in [6.45, 7) is 7.45. The van der Waals surface area contributed by atoms with Gasteiger partial charge in [-0.2, -0.15) is 0 Å². The van der Waals surface area contributed by atoms with E-state index in [-0.39, 0.29) is 24.1 Å². The van der Waals surface area contributed by atoms with Crippen molar-refractivity contribution in [1.82, 2.24) is 25.8 Å². The number of imide groups is 1. The lowest BCUT2D eigenvalue weighted by atomic mass is 10.0. The van der Waals surface area contributed by atoms with Crippen molar-refractivity contribution in [1.29, 1.82) is 0 Å². The van der Waals surface area contributed by atoms with Crippen LogP contribution in [-0.4, -0.2) is 72.8 Å². The number of amides is 3. The Balaban J connectivity index is 1.31. The fraction of sp³-hybridized carbons (Fsp3) is 0.571. The average Bonchev–Trinajstić information content (AvgIpc) is 2.87. The fourth-order valence-corrected chi connectivity index (χ4v) is 4.31. The molecule has 0 saturated carbocycles. The van der Waals surface area contributed by atoms with Crippen molar-refractivity contribution in [2.24, 2.45) is 0 Å². The Hall–Kier alpha value is -2.29. The predicted molar refractivity (Wildman–Crippen MR) is 108 cm³/mol. The van der Waals surface area contributed by atoms with E-state index in [9.17, 15) is 14.4 Å². The van der Waals surface area contributed by atoms with E-state index in [1.54, 1.807) is 4.90 Å². The Morgan fingerprint density at radius 1 is 1.14 bits per heavy atom. The molecule has 2 saturated heterocycles. The van der Waals surface area contributed by atoms with Crippen LogP contribution in [0, 0.1) is 0 Å². The summed E-state index contributed by atoms with van der Waals surface area (Å²) < 4.78 is 0. The Labute approximate surface area is 171 Å². The summed E-state index contributed by atoms with van der Waals surface area (Å²) in [4.78, 5) is 40.4. The topological polar surface area (TPSA) is 93.8 Å². The minimum absolute atomic E-state index is 0.117. The first-order valence-electron chi connectivity index (χ1n) is 10.5. The molecule has 0 aromatic heterocycles. The molecule has 8 heteroatoms. The number of piperidine rings is 1. The van der Waals surface area contributed by atoms with E-state index >= 15 is 0 Å². The number of hydrogen-bond acceptors (Lipinski definition) is 6. The summed E-state index contributed by atoms with van der Waals surface area (Å²) in [5, 5.41) is 9.23. The van der Waals surface area contributed by atoms with Crippen LogP contribution in [-0.2, 0) is 22.7 Å². The maximum absolute atomic E-state index is 12.9. The molecular formula is C21H29N5O3. The Kier molecular flexibility index (Phi) is 6.22. The molecule has 3 N–H and O–H groups in total. The van der Waals surface area contributed by atoms with Crippen molar-refractivity contribution >= 4 is 17.7 Å². The van der Waals surface area contributed by atoms with E-state index in [1.807, 2.05) is 18.2 Å². The highest BCUT2D eigenvalue weighted by Crippen LogP contribution is 2.28. The third-order valence-electron chi connectivity index (χ3n) is 5.96. The molecule has 0 bridgehead atoms. The summed E-state index contributed by atoms with van der Waals surface area (Å²) >= 11 is 0. The molecule has 8 nitrogen and oxygen atoms in total. The Bertz CT molecular complexity index is 789. The lowest BCUT2D eigenvalue weighted by Crippen LogP contribution is -2.52. The van der Waals surface area contributed by atoms with Crippen molar-refractivity contribution < 1.29 is 14.4 Å². The summed E-state index contributed by atoms with van der Waals surface area (Å²) in [6.07, 6.45) is 1.86. The van der Waals surface area contributed by atoms with Gasteiger partial charge in [-0.15, -0.1) is 0 Å². The van der Waals surface area contributed by atoms with E-state index in [2.05, 4.69) is 20.9 Å². The zero-order chi connectivity index (χ0) is 20.2. The van der Waals surface area contributed by atoms with Gasteiger partial charge in [0.25, 0.3) is 5.91 Å². The van der Waals surface area contributed by atoms with Gasteiger partial charge >= 0.3 is 0 Å². The third kappa shape index (κ3) is 4.66. The minimum Gasteiger partial charge on any atom is -0.322 e. The van der Waals surface area contributed by atoms with Crippen LogP contribution in [0.25, 0.3) is 0 Å². The molecular weight excluding hydrogens is 370 g/mol. The molecule has 0 spiro atoms. The van der Waals surface area contributed by atoms with Gasteiger partial charge in [0.15, 0.2) is 0 Å². The molecule has 2 fully saturated rings. The molecule has 29 heavy (non-hydrogen) atoms. The van der Waals surface area contributed by atoms with Crippen LogP contribution in [0.3, 0.4) is 0 Å². The minimum atomic E-state index is -0.558. The second-order valence-electron chi connectivity index (χ2n) is 8.01. The smallest absolute Gasteiger partial charge is 0.255 e. The standard InChI is InChI=1S/C21H29N5O3/c27-19-5-4-18(20(28)24-19)26-14-16-3-2-15(12-17(16)21(26)29)13-23-8-11-25-9-1-6-22-7-10-25/h2-3,12,18,22-23H,1,4-11,13-14H2,(H,24,27,28). The largest absolute Gasteiger partial charge is 0.322 e.